The van der Waals surface area contributed by atoms with Gasteiger partial charge in [0.05, 0.1) is 11.8 Å². The van der Waals surface area contributed by atoms with Crippen molar-refractivity contribution < 1.29 is 22.7 Å². The molecular formula is C15H15F3N2O2. The Morgan fingerprint density at radius 1 is 1.36 bits per heavy atom. The van der Waals surface area contributed by atoms with E-state index in [0.29, 0.717) is 31.4 Å². The number of carbonyl (C=O) groups is 1. The molecule has 7 heteroatoms. The fraction of sp³-hybridized carbons (Fsp3) is 0.333. The molecule has 0 N–H and O–H groups in total. The molecule has 4 nitrogen and oxygen atoms in total. The Kier molecular flexibility index (Phi) is 4.97. The number of aromatic nitrogens is 2. The van der Waals surface area contributed by atoms with Crippen molar-refractivity contribution in [3.05, 3.63) is 41.7 Å². The number of alkyl halides is 3. The maximum atomic E-state index is 13.1. The molecule has 0 saturated carbocycles. The summed E-state index contributed by atoms with van der Waals surface area (Å²) in [6.07, 6.45) is -0.480. The molecule has 118 valence electrons. The molecule has 0 amide bonds. The van der Waals surface area contributed by atoms with Crippen molar-refractivity contribution in [1.29, 1.82) is 0 Å². The van der Waals surface area contributed by atoms with Crippen LogP contribution in [0.5, 0.6) is 0 Å². The number of halogens is 3. The summed E-state index contributed by atoms with van der Waals surface area (Å²) in [7, 11) is 1.58. The second kappa shape index (κ2) is 6.74. The summed E-state index contributed by atoms with van der Waals surface area (Å²) in [6, 6.07) is 3.51. The van der Waals surface area contributed by atoms with Gasteiger partial charge < -0.3 is 4.74 Å². The molecule has 0 atom stereocenters. The highest BCUT2D eigenvalue weighted by molar-refractivity contribution is 5.78. The number of aryl methyl sites for hydroxylation is 1. The summed E-state index contributed by atoms with van der Waals surface area (Å²) in [4.78, 5) is 10.7. The summed E-state index contributed by atoms with van der Waals surface area (Å²) in [6.45, 7) is 1.11. The Balaban J connectivity index is 2.34. The molecule has 0 bridgehead atoms. The molecule has 0 saturated heterocycles. The highest BCUT2D eigenvalue weighted by Crippen LogP contribution is 2.37. The molecule has 0 aliphatic carbocycles. The summed E-state index contributed by atoms with van der Waals surface area (Å²) >= 11 is 0. The van der Waals surface area contributed by atoms with E-state index in [0.717, 1.165) is 6.07 Å². The van der Waals surface area contributed by atoms with Crippen LogP contribution in [0.4, 0.5) is 13.2 Å². The molecule has 0 unspecified atom stereocenters. The predicted molar refractivity (Wildman–Crippen MR) is 74.5 cm³/mol. The molecule has 0 radical (unpaired) electrons. The minimum Gasteiger partial charge on any atom is -0.385 e. The summed E-state index contributed by atoms with van der Waals surface area (Å²) < 4.78 is 45.9. The van der Waals surface area contributed by atoms with Gasteiger partial charge >= 0.3 is 6.18 Å². The van der Waals surface area contributed by atoms with Crippen molar-refractivity contribution in [3.8, 4) is 11.1 Å². The summed E-state index contributed by atoms with van der Waals surface area (Å²) in [5, 5.41) is 4.05. The standard InChI is InChI=1S/C15H15F3N2O2/c1-22-6-2-5-20-9-12(8-19-20)13-4-3-11(10-21)7-14(13)15(16,17)18/h3-4,7-10H,2,5-6H2,1H3. The molecule has 0 aliphatic heterocycles. The number of hydrogen-bond acceptors (Lipinski definition) is 3. The second-order valence-electron chi connectivity index (χ2n) is 4.76. The average molecular weight is 312 g/mol. The van der Waals surface area contributed by atoms with Crippen LogP contribution in [0.25, 0.3) is 11.1 Å². The number of ether oxygens (including phenoxy) is 1. The van der Waals surface area contributed by atoms with Crippen LogP contribution in [0.3, 0.4) is 0 Å². The van der Waals surface area contributed by atoms with Crippen molar-refractivity contribution in [1.82, 2.24) is 9.78 Å². The van der Waals surface area contributed by atoms with Crippen molar-refractivity contribution in [2.75, 3.05) is 13.7 Å². The van der Waals surface area contributed by atoms with E-state index in [1.165, 1.54) is 18.3 Å². The SMILES string of the molecule is COCCCn1cc(-c2ccc(C=O)cc2C(F)(F)F)cn1. The van der Waals surface area contributed by atoms with Gasteiger partial charge in [-0.2, -0.15) is 18.3 Å². The third kappa shape index (κ3) is 3.73. The topological polar surface area (TPSA) is 44.1 Å². The van der Waals surface area contributed by atoms with Crippen LogP contribution in [0.15, 0.2) is 30.6 Å². The van der Waals surface area contributed by atoms with Gasteiger partial charge in [0.25, 0.3) is 0 Å². The van der Waals surface area contributed by atoms with Crippen molar-refractivity contribution in [2.24, 2.45) is 0 Å². The van der Waals surface area contributed by atoms with Crippen LogP contribution >= 0.6 is 0 Å². The number of carbonyl (C=O) groups excluding carboxylic acids is 1. The molecule has 0 fully saturated rings. The Bertz CT molecular complexity index is 650. The van der Waals surface area contributed by atoms with Crippen molar-refractivity contribution in [2.45, 2.75) is 19.1 Å². The molecule has 0 spiro atoms. The number of benzene rings is 1. The zero-order valence-corrected chi connectivity index (χ0v) is 11.9. The molecule has 22 heavy (non-hydrogen) atoms. The van der Waals surface area contributed by atoms with Crippen LogP contribution in [-0.4, -0.2) is 29.8 Å². The first-order valence-corrected chi connectivity index (χ1v) is 6.64. The largest absolute Gasteiger partial charge is 0.417 e. The third-order valence-corrected chi connectivity index (χ3v) is 3.17. The molecule has 0 aliphatic rings. The highest BCUT2D eigenvalue weighted by atomic mass is 19.4. The molecule has 2 aromatic rings. The van der Waals surface area contributed by atoms with E-state index in [2.05, 4.69) is 5.10 Å². The number of aldehydes is 1. The van der Waals surface area contributed by atoms with E-state index in [4.69, 9.17) is 4.74 Å². The monoisotopic (exact) mass is 312 g/mol. The summed E-state index contributed by atoms with van der Waals surface area (Å²) in [5.41, 5.74) is -0.476. The van der Waals surface area contributed by atoms with Crippen LogP contribution in [-0.2, 0) is 17.5 Å². The van der Waals surface area contributed by atoms with Gasteiger partial charge in [0.1, 0.15) is 6.29 Å². The van der Waals surface area contributed by atoms with Gasteiger partial charge in [-0.3, -0.25) is 9.48 Å². The van der Waals surface area contributed by atoms with Crippen molar-refractivity contribution >= 4 is 6.29 Å². The van der Waals surface area contributed by atoms with Crippen LogP contribution in [0, 0.1) is 0 Å². The first-order chi connectivity index (χ1) is 10.5. The van der Waals surface area contributed by atoms with E-state index in [9.17, 15) is 18.0 Å². The van der Waals surface area contributed by atoms with Crippen LogP contribution < -0.4 is 0 Å². The van der Waals surface area contributed by atoms with E-state index >= 15 is 0 Å². The number of rotatable bonds is 6. The molecule has 1 aromatic carbocycles. The van der Waals surface area contributed by atoms with E-state index in [1.807, 2.05) is 0 Å². The number of methoxy groups -OCH3 is 1. The lowest BCUT2D eigenvalue weighted by atomic mass is 9.99. The zero-order chi connectivity index (χ0) is 16.2. The fourth-order valence-corrected chi connectivity index (χ4v) is 2.12. The smallest absolute Gasteiger partial charge is 0.385 e. The van der Waals surface area contributed by atoms with Crippen LogP contribution in [0.1, 0.15) is 22.3 Å². The van der Waals surface area contributed by atoms with Gasteiger partial charge in [0, 0.05) is 37.6 Å². The zero-order valence-electron chi connectivity index (χ0n) is 11.9. The van der Waals surface area contributed by atoms with Gasteiger partial charge in [0.2, 0.25) is 0 Å². The first-order valence-electron chi connectivity index (χ1n) is 6.64. The second-order valence-corrected chi connectivity index (χ2v) is 4.76. The minimum atomic E-state index is -4.54. The van der Waals surface area contributed by atoms with Crippen LogP contribution in [0.2, 0.25) is 0 Å². The van der Waals surface area contributed by atoms with Gasteiger partial charge in [-0.05, 0) is 18.1 Å². The first kappa shape index (κ1) is 16.2. The van der Waals surface area contributed by atoms with Gasteiger partial charge in [-0.1, -0.05) is 12.1 Å². The molecule has 1 aromatic heterocycles. The van der Waals surface area contributed by atoms with Gasteiger partial charge in [0.15, 0.2) is 0 Å². The maximum Gasteiger partial charge on any atom is 0.417 e. The fourth-order valence-electron chi connectivity index (χ4n) is 2.12. The quantitative estimate of drug-likeness (QED) is 0.606. The van der Waals surface area contributed by atoms with E-state index < -0.39 is 11.7 Å². The Labute approximate surface area is 125 Å². The van der Waals surface area contributed by atoms with Gasteiger partial charge in [-0.25, -0.2) is 0 Å². The minimum absolute atomic E-state index is 0.0103. The summed E-state index contributed by atoms with van der Waals surface area (Å²) in [5.74, 6) is 0. The Morgan fingerprint density at radius 2 is 2.14 bits per heavy atom. The van der Waals surface area contributed by atoms with E-state index in [1.54, 1.807) is 18.0 Å². The molecule has 2 rings (SSSR count). The third-order valence-electron chi connectivity index (χ3n) is 3.17. The lowest BCUT2D eigenvalue weighted by Crippen LogP contribution is -2.08. The lowest BCUT2D eigenvalue weighted by molar-refractivity contribution is -0.137. The average Bonchev–Trinajstić information content (AvgIpc) is 2.95. The van der Waals surface area contributed by atoms with Crippen molar-refractivity contribution in [3.63, 3.8) is 0 Å². The molecule has 1 heterocycles. The maximum absolute atomic E-state index is 13.1. The number of nitrogens with zero attached hydrogens (tertiary/aromatic N) is 2. The number of hydrogen-bond donors (Lipinski definition) is 0. The Morgan fingerprint density at radius 3 is 2.77 bits per heavy atom. The Hall–Kier alpha value is -2.15. The predicted octanol–water partition coefficient (Wildman–Crippen LogP) is 3.42. The lowest BCUT2D eigenvalue weighted by Gasteiger charge is -2.12. The normalized spacial score (nSPS) is 11.6. The molecular weight excluding hydrogens is 297 g/mol. The van der Waals surface area contributed by atoms with E-state index in [-0.39, 0.29) is 11.1 Å². The van der Waals surface area contributed by atoms with Gasteiger partial charge in [-0.15, -0.1) is 0 Å². The highest BCUT2D eigenvalue weighted by Gasteiger charge is 2.34.